The Bertz CT molecular complexity index is 1170. The number of nitrogens with zero attached hydrogens (tertiary/aromatic N) is 2. The van der Waals surface area contributed by atoms with E-state index in [2.05, 4.69) is 4.98 Å². The van der Waals surface area contributed by atoms with E-state index >= 15 is 0 Å². The smallest absolute Gasteiger partial charge is 0.273 e. The van der Waals surface area contributed by atoms with Gasteiger partial charge in [0.1, 0.15) is 28.8 Å². The number of carbonyl (C=O) groups excluding carboxylic acids is 1. The van der Waals surface area contributed by atoms with E-state index < -0.39 is 0 Å². The van der Waals surface area contributed by atoms with E-state index in [0.717, 1.165) is 21.9 Å². The lowest BCUT2D eigenvalue weighted by atomic mass is 10.2. The van der Waals surface area contributed by atoms with E-state index in [-0.39, 0.29) is 5.91 Å². The Balaban J connectivity index is 1.39. The van der Waals surface area contributed by atoms with Crippen molar-refractivity contribution < 1.29 is 13.9 Å². The summed E-state index contributed by atoms with van der Waals surface area (Å²) >= 11 is 13.5. The fourth-order valence-electron chi connectivity index (χ4n) is 2.90. The third-order valence-corrected chi connectivity index (χ3v) is 6.03. The highest BCUT2D eigenvalue weighted by atomic mass is 35.5. The number of thiazole rings is 1. The number of hydrogen-bond acceptors (Lipinski definition) is 5. The van der Waals surface area contributed by atoms with E-state index in [4.69, 9.17) is 32.4 Å². The number of benzene rings is 2. The number of ether oxygens (including phenoxy) is 1. The minimum Gasteiger partial charge on any atom is -0.489 e. The Hall–Kier alpha value is -2.80. The average Bonchev–Trinajstić information content (AvgIpc) is 3.45. The first-order valence-electron chi connectivity index (χ1n) is 9.40. The first kappa shape index (κ1) is 21.4. The average molecular weight is 473 g/mol. The van der Waals surface area contributed by atoms with Crippen molar-refractivity contribution in [3.05, 3.63) is 93.3 Å². The summed E-state index contributed by atoms with van der Waals surface area (Å²) in [6.45, 7) is 0.732. The second-order valence-electron chi connectivity index (χ2n) is 6.83. The number of aromatic nitrogens is 1. The highest BCUT2D eigenvalue weighted by Gasteiger charge is 2.17. The molecule has 5 nitrogen and oxygen atoms in total. The molecule has 4 aromatic rings. The van der Waals surface area contributed by atoms with Gasteiger partial charge in [0, 0.05) is 33.6 Å². The van der Waals surface area contributed by atoms with E-state index in [0.29, 0.717) is 34.6 Å². The van der Waals surface area contributed by atoms with Gasteiger partial charge in [-0.15, -0.1) is 11.3 Å². The zero-order valence-corrected chi connectivity index (χ0v) is 18.9. The van der Waals surface area contributed by atoms with Crippen molar-refractivity contribution >= 4 is 40.4 Å². The van der Waals surface area contributed by atoms with Gasteiger partial charge in [-0.2, -0.15) is 0 Å². The third-order valence-electron chi connectivity index (χ3n) is 4.55. The number of hydrogen-bond donors (Lipinski definition) is 0. The molecule has 0 fully saturated rings. The maximum atomic E-state index is 12.6. The maximum Gasteiger partial charge on any atom is 0.273 e. The largest absolute Gasteiger partial charge is 0.489 e. The summed E-state index contributed by atoms with van der Waals surface area (Å²) in [5.41, 5.74) is 2.18. The molecule has 0 saturated heterocycles. The molecule has 2 heterocycles. The summed E-state index contributed by atoms with van der Waals surface area (Å²) in [5, 5.41) is 3.69. The molecule has 0 aliphatic carbocycles. The Morgan fingerprint density at radius 1 is 1.16 bits per heavy atom. The molecular weight excluding hydrogens is 455 g/mol. The normalized spacial score (nSPS) is 10.8. The van der Waals surface area contributed by atoms with Crippen molar-refractivity contribution in [3.8, 4) is 16.3 Å². The van der Waals surface area contributed by atoms with Gasteiger partial charge in [-0.1, -0.05) is 29.3 Å². The fourth-order valence-corrected chi connectivity index (χ4v) is 4.16. The first-order valence-corrected chi connectivity index (χ1v) is 11.0. The fraction of sp³-hybridized carbons (Fsp3) is 0.130. The summed E-state index contributed by atoms with van der Waals surface area (Å²) in [7, 11) is 1.73. The molecular formula is C23H18Cl2N2O3S. The van der Waals surface area contributed by atoms with E-state index in [1.54, 1.807) is 41.8 Å². The van der Waals surface area contributed by atoms with Gasteiger partial charge in [-0.3, -0.25) is 4.79 Å². The zero-order valence-electron chi connectivity index (χ0n) is 16.5. The van der Waals surface area contributed by atoms with Crippen molar-refractivity contribution in [2.45, 2.75) is 13.2 Å². The molecule has 158 valence electrons. The van der Waals surface area contributed by atoms with Gasteiger partial charge in [-0.05, 0) is 48.5 Å². The van der Waals surface area contributed by atoms with Crippen LogP contribution in [0.1, 0.15) is 21.8 Å². The van der Waals surface area contributed by atoms with E-state index in [1.165, 1.54) is 11.3 Å². The molecule has 0 N–H and O–H groups in total. The van der Waals surface area contributed by atoms with Crippen LogP contribution >= 0.6 is 34.5 Å². The Morgan fingerprint density at radius 3 is 2.68 bits per heavy atom. The van der Waals surface area contributed by atoms with Gasteiger partial charge in [0.15, 0.2) is 0 Å². The monoisotopic (exact) mass is 472 g/mol. The summed E-state index contributed by atoms with van der Waals surface area (Å²) < 4.78 is 11.1. The molecule has 0 aliphatic heterocycles. The van der Waals surface area contributed by atoms with E-state index in [1.807, 2.05) is 36.4 Å². The lowest BCUT2D eigenvalue weighted by molar-refractivity contribution is 0.0770. The SMILES string of the molecule is CN(Cc1ccco1)C(=O)c1csc(-c2ccc(OCc3ccc(Cl)cc3Cl)cc2)n1. The van der Waals surface area contributed by atoms with Crippen LogP contribution in [-0.2, 0) is 13.2 Å². The standard InChI is InChI=1S/C23H18Cl2N2O3S/c1-27(12-19-3-2-10-29-19)23(28)21-14-31-22(26-21)15-5-8-18(9-6-15)30-13-16-4-7-17(24)11-20(16)25/h2-11,14H,12-13H2,1H3. The second kappa shape index (κ2) is 9.56. The summed E-state index contributed by atoms with van der Waals surface area (Å²) in [6, 6.07) is 16.5. The number of amides is 1. The van der Waals surface area contributed by atoms with Crippen LogP contribution in [0, 0.1) is 0 Å². The molecule has 0 atom stereocenters. The van der Waals surface area contributed by atoms with Crippen molar-refractivity contribution in [1.29, 1.82) is 0 Å². The molecule has 0 spiro atoms. The molecule has 0 aliphatic rings. The predicted molar refractivity (Wildman–Crippen MR) is 123 cm³/mol. The summed E-state index contributed by atoms with van der Waals surface area (Å²) in [4.78, 5) is 18.7. The van der Waals surface area contributed by atoms with Crippen LogP contribution in [0.2, 0.25) is 10.0 Å². The molecule has 0 radical (unpaired) electrons. The van der Waals surface area contributed by atoms with Crippen LogP contribution in [-0.4, -0.2) is 22.8 Å². The summed E-state index contributed by atoms with van der Waals surface area (Å²) in [6.07, 6.45) is 1.59. The minimum absolute atomic E-state index is 0.154. The van der Waals surface area contributed by atoms with Crippen molar-refractivity contribution in [3.63, 3.8) is 0 Å². The highest BCUT2D eigenvalue weighted by Crippen LogP contribution is 2.27. The van der Waals surface area contributed by atoms with Gasteiger partial charge < -0.3 is 14.1 Å². The van der Waals surface area contributed by atoms with Crippen molar-refractivity contribution in [2.75, 3.05) is 7.05 Å². The topological polar surface area (TPSA) is 55.6 Å². The Labute approximate surface area is 193 Å². The van der Waals surface area contributed by atoms with Gasteiger partial charge in [0.2, 0.25) is 0 Å². The molecule has 0 bridgehead atoms. The number of rotatable bonds is 7. The van der Waals surface area contributed by atoms with Gasteiger partial charge in [0.05, 0.1) is 12.8 Å². The van der Waals surface area contributed by atoms with Gasteiger partial charge in [0.25, 0.3) is 5.91 Å². The molecule has 2 aromatic heterocycles. The minimum atomic E-state index is -0.154. The molecule has 1 amide bonds. The third kappa shape index (κ3) is 5.28. The van der Waals surface area contributed by atoms with E-state index in [9.17, 15) is 4.79 Å². The molecule has 8 heteroatoms. The molecule has 0 unspecified atom stereocenters. The lowest BCUT2D eigenvalue weighted by Gasteiger charge is -2.13. The van der Waals surface area contributed by atoms with Crippen molar-refractivity contribution in [2.24, 2.45) is 0 Å². The number of halogens is 2. The predicted octanol–water partition coefficient (Wildman–Crippen LogP) is 6.56. The van der Waals surface area contributed by atoms with Gasteiger partial charge in [-0.25, -0.2) is 4.98 Å². The molecule has 31 heavy (non-hydrogen) atoms. The van der Waals surface area contributed by atoms with Crippen molar-refractivity contribution in [1.82, 2.24) is 9.88 Å². The van der Waals surface area contributed by atoms with Gasteiger partial charge >= 0.3 is 0 Å². The first-order chi connectivity index (χ1) is 15.0. The molecule has 4 rings (SSSR count). The van der Waals surface area contributed by atoms with Crippen LogP contribution in [0.3, 0.4) is 0 Å². The Kier molecular flexibility index (Phi) is 6.61. The number of carbonyl (C=O) groups is 1. The van der Waals surface area contributed by atoms with Crippen LogP contribution in [0.15, 0.2) is 70.7 Å². The highest BCUT2D eigenvalue weighted by molar-refractivity contribution is 7.13. The van der Waals surface area contributed by atoms with Crippen LogP contribution in [0.4, 0.5) is 0 Å². The zero-order chi connectivity index (χ0) is 21.8. The van der Waals surface area contributed by atoms with Crippen LogP contribution in [0.5, 0.6) is 5.75 Å². The Morgan fingerprint density at radius 2 is 1.97 bits per heavy atom. The van der Waals surface area contributed by atoms with Crippen LogP contribution < -0.4 is 4.74 Å². The maximum absolute atomic E-state index is 12.6. The quantitative estimate of drug-likeness (QED) is 0.305. The number of furan rings is 1. The molecule has 0 saturated carbocycles. The lowest BCUT2D eigenvalue weighted by Crippen LogP contribution is -2.26. The second-order valence-corrected chi connectivity index (χ2v) is 8.53. The summed E-state index contributed by atoms with van der Waals surface area (Å²) in [5.74, 6) is 1.28. The molecule has 2 aromatic carbocycles. The van der Waals surface area contributed by atoms with Crippen LogP contribution in [0.25, 0.3) is 10.6 Å².